The molecule has 0 unspecified atom stereocenters. The predicted molar refractivity (Wildman–Crippen MR) is 83.7 cm³/mol. The fourth-order valence-corrected chi connectivity index (χ4v) is 2.27. The Hall–Kier alpha value is -3.27. The first-order valence-corrected chi connectivity index (χ1v) is 7.18. The van der Waals surface area contributed by atoms with Crippen LogP contribution in [0.1, 0.15) is 22.7 Å². The molecular formula is C17H13FN4O2. The monoisotopic (exact) mass is 324 g/mol. The second kappa shape index (κ2) is 6.08. The molecule has 24 heavy (non-hydrogen) atoms. The molecule has 0 saturated carbocycles. The van der Waals surface area contributed by atoms with Crippen molar-refractivity contribution in [1.82, 2.24) is 14.8 Å². The lowest BCUT2D eigenvalue weighted by Gasteiger charge is -2.06. The Kier molecular flexibility index (Phi) is 3.96. The Morgan fingerprint density at radius 1 is 1.29 bits per heavy atom. The van der Waals surface area contributed by atoms with Crippen molar-refractivity contribution in [2.45, 2.75) is 20.4 Å². The highest BCUT2D eigenvalue weighted by Gasteiger charge is 2.14. The zero-order chi connectivity index (χ0) is 17.3. The normalized spacial score (nSPS) is 10.6. The van der Waals surface area contributed by atoms with Gasteiger partial charge < -0.3 is 4.42 Å². The van der Waals surface area contributed by atoms with Crippen molar-refractivity contribution in [1.29, 1.82) is 5.26 Å². The molecule has 0 saturated heterocycles. The lowest BCUT2D eigenvalue weighted by atomic mass is 10.1. The first-order valence-electron chi connectivity index (χ1n) is 7.18. The molecule has 7 heteroatoms. The van der Waals surface area contributed by atoms with Crippen LogP contribution in [0.15, 0.2) is 39.7 Å². The molecule has 0 aliphatic rings. The van der Waals surface area contributed by atoms with E-state index in [2.05, 4.69) is 10.1 Å². The summed E-state index contributed by atoms with van der Waals surface area (Å²) in [6.07, 6.45) is 1.50. The van der Waals surface area contributed by atoms with Crippen molar-refractivity contribution >= 4 is 0 Å². The van der Waals surface area contributed by atoms with Crippen LogP contribution in [0.3, 0.4) is 0 Å². The second-order valence-electron chi connectivity index (χ2n) is 5.29. The number of hydrogen-bond acceptors (Lipinski definition) is 5. The maximum Gasteiger partial charge on any atom is 0.285 e. The van der Waals surface area contributed by atoms with Gasteiger partial charge in [-0.3, -0.25) is 4.79 Å². The maximum absolute atomic E-state index is 13.0. The van der Waals surface area contributed by atoms with Crippen LogP contribution in [0.4, 0.5) is 4.39 Å². The summed E-state index contributed by atoms with van der Waals surface area (Å²) < 4.78 is 19.7. The third-order valence-electron chi connectivity index (χ3n) is 3.72. The molecule has 0 aliphatic heterocycles. The zero-order valence-corrected chi connectivity index (χ0v) is 13.1. The fraction of sp³-hybridized carbons (Fsp3) is 0.176. The molecule has 0 aliphatic carbocycles. The largest absolute Gasteiger partial charge is 0.439 e. The van der Waals surface area contributed by atoms with E-state index in [4.69, 9.17) is 9.68 Å². The molecule has 0 atom stereocenters. The Bertz CT molecular complexity index is 997. The van der Waals surface area contributed by atoms with Crippen LogP contribution in [0, 0.1) is 31.0 Å². The summed E-state index contributed by atoms with van der Waals surface area (Å²) in [5, 5.41) is 13.3. The van der Waals surface area contributed by atoms with E-state index < -0.39 is 5.56 Å². The van der Waals surface area contributed by atoms with Crippen molar-refractivity contribution in [2.75, 3.05) is 0 Å². The molecule has 1 aromatic carbocycles. The average Bonchev–Trinajstić information content (AvgIpc) is 3.02. The quantitative estimate of drug-likeness (QED) is 0.739. The van der Waals surface area contributed by atoms with E-state index in [0.717, 1.165) is 4.68 Å². The molecule has 0 spiro atoms. The SMILES string of the molecule is Cc1nn(Cc2ncc(-c3ccc(F)cc3)o2)c(=O)c(C#N)c1C. The van der Waals surface area contributed by atoms with Crippen LogP contribution in [0.5, 0.6) is 0 Å². The molecule has 0 amide bonds. The van der Waals surface area contributed by atoms with E-state index >= 15 is 0 Å². The maximum atomic E-state index is 13.0. The van der Waals surface area contributed by atoms with Gasteiger partial charge in [0, 0.05) is 5.56 Å². The molecule has 2 aromatic heterocycles. The minimum atomic E-state index is -0.484. The number of aryl methyl sites for hydroxylation is 1. The van der Waals surface area contributed by atoms with Crippen molar-refractivity contribution in [3.8, 4) is 17.4 Å². The summed E-state index contributed by atoms with van der Waals surface area (Å²) in [5.74, 6) is 0.395. The molecule has 3 aromatic rings. The summed E-state index contributed by atoms with van der Waals surface area (Å²) in [5.41, 5.74) is 1.41. The summed E-state index contributed by atoms with van der Waals surface area (Å²) in [4.78, 5) is 16.4. The van der Waals surface area contributed by atoms with Gasteiger partial charge in [-0.1, -0.05) is 0 Å². The minimum absolute atomic E-state index is 0.00975. The average molecular weight is 324 g/mol. The lowest BCUT2D eigenvalue weighted by molar-refractivity contribution is 0.463. The van der Waals surface area contributed by atoms with Gasteiger partial charge in [0.15, 0.2) is 5.76 Å². The third-order valence-corrected chi connectivity index (χ3v) is 3.72. The van der Waals surface area contributed by atoms with Gasteiger partial charge in [-0.25, -0.2) is 14.1 Å². The molecular weight excluding hydrogens is 311 g/mol. The Morgan fingerprint density at radius 3 is 2.67 bits per heavy atom. The van der Waals surface area contributed by atoms with Gasteiger partial charge >= 0.3 is 0 Å². The van der Waals surface area contributed by atoms with Crippen LogP contribution in [-0.2, 0) is 6.54 Å². The Balaban J connectivity index is 1.94. The van der Waals surface area contributed by atoms with Crippen LogP contribution < -0.4 is 5.56 Å². The summed E-state index contributed by atoms with van der Waals surface area (Å²) >= 11 is 0. The van der Waals surface area contributed by atoms with E-state index in [-0.39, 0.29) is 23.8 Å². The van der Waals surface area contributed by atoms with Crippen LogP contribution in [0.2, 0.25) is 0 Å². The molecule has 3 rings (SSSR count). The molecule has 6 nitrogen and oxygen atoms in total. The first-order chi connectivity index (χ1) is 11.5. The lowest BCUT2D eigenvalue weighted by Crippen LogP contribution is -2.28. The van der Waals surface area contributed by atoms with Gasteiger partial charge in [-0.15, -0.1) is 0 Å². The van der Waals surface area contributed by atoms with Gasteiger partial charge in [0.25, 0.3) is 5.56 Å². The van der Waals surface area contributed by atoms with Gasteiger partial charge in [0.05, 0.1) is 11.9 Å². The summed E-state index contributed by atoms with van der Waals surface area (Å²) in [6.45, 7) is 3.42. The number of benzene rings is 1. The second-order valence-corrected chi connectivity index (χ2v) is 5.29. The first kappa shape index (κ1) is 15.6. The van der Waals surface area contributed by atoms with E-state index in [1.807, 2.05) is 6.07 Å². The van der Waals surface area contributed by atoms with E-state index in [9.17, 15) is 9.18 Å². The highest BCUT2D eigenvalue weighted by Crippen LogP contribution is 2.20. The molecule has 0 radical (unpaired) electrons. The number of hydrogen-bond donors (Lipinski definition) is 0. The summed E-state index contributed by atoms with van der Waals surface area (Å²) in [7, 11) is 0. The third kappa shape index (κ3) is 2.82. The topological polar surface area (TPSA) is 84.7 Å². The van der Waals surface area contributed by atoms with Gasteiger partial charge in [0.1, 0.15) is 24.0 Å². The van der Waals surface area contributed by atoms with E-state index in [0.29, 0.717) is 22.6 Å². The smallest absolute Gasteiger partial charge is 0.285 e. The number of aromatic nitrogens is 3. The van der Waals surface area contributed by atoms with Crippen molar-refractivity contribution in [2.24, 2.45) is 0 Å². The van der Waals surface area contributed by atoms with Crippen molar-refractivity contribution in [3.63, 3.8) is 0 Å². The van der Waals surface area contributed by atoms with Gasteiger partial charge in [0.2, 0.25) is 5.89 Å². The standard InChI is InChI=1S/C17H13FN4O2/c1-10-11(2)21-22(17(23)14(10)7-19)9-16-20-8-15(24-16)12-3-5-13(18)6-4-12/h3-6,8H,9H2,1-2H3. The zero-order valence-electron chi connectivity index (χ0n) is 13.1. The van der Waals surface area contributed by atoms with Crippen molar-refractivity contribution < 1.29 is 8.81 Å². The predicted octanol–water partition coefficient (Wildman–Crippen LogP) is 2.57. The van der Waals surface area contributed by atoms with Crippen molar-refractivity contribution in [3.05, 3.63) is 69.3 Å². The number of oxazole rings is 1. The number of rotatable bonds is 3. The van der Waals surface area contributed by atoms with Crippen LogP contribution >= 0.6 is 0 Å². The van der Waals surface area contributed by atoms with Gasteiger partial charge in [-0.2, -0.15) is 10.4 Å². The molecule has 0 bridgehead atoms. The van der Waals surface area contributed by atoms with Crippen LogP contribution in [-0.4, -0.2) is 14.8 Å². The number of nitrogens with zero attached hydrogens (tertiary/aromatic N) is 4. The molecule has 0 fully saturated rings. The van der Waals surface area contributed by atoms with Gasteiger partial charge in [-0.05, 0) is 43.7 Å². The Morgan fingerprint density at radius 2 is 2.00 bits per heavy atom. The molecule has 120 valence electrons. The van der Waals surface area contributed by atoms with Crippen LogP contribution in [0.25, 0.3) is 11.3 Å². The Labute approximate surface area is 136 Å². The van der Waals surface area contributed by atoms with E-state index in [1.165, 1.54) is 18.3 Å². The molecule has 2 heterocycles. The summed E-state index contributed by atoms with van der Waals surface area (Å²) in [6, 6.07) is 7.71. The number of halogens is 1. The highest BCUT2D eigenvalue weighted by molar-refractivity contribution is 5.55. The molecule has 0 N–H and O–H groups in total. The van der Waals surface area contributed by atoms with E-state index in [1.54, 1.807) is 26.0 Å². The minimum Gasteiger partial charge on any atom is -0.439 e. The highest BCUT2D eigenvalue weighted by atomic mass is 19.1. The fourth-order valence-electron chi connectivity index (χ4n) is 2.27. The number of nitriles is 1.